The molecule has 0 unspecified atom stereocenters. The largest absolute Gasteiger partial charge is 0.457 e. The van der Waals surface area contributed by atoms with Gasteiger partial charge in [0.15, 0.2) is 0 Å². The first-order valence-corrected chi connectivity index (χ1v) is 9.49. The normalized spacial score (nSPS) is 12.5. The van der Waals surface area contributed by atoms with Crippen molar-refractivity contribution in [3.63, 3.8) is 0 Å². The number of ether oxygens (including phenoxy) is 1. The lowest BCUT2D eigenvalue weighted by Gasteiger charge is -2.13. The molecule has 3 aromatic carbocycles. The van der Waals surface area contributed by atoms with E-state index in [2.05, 4.69) is 15.3 Å². The second-order valence-corrected chi connectivity index (χ2v) is 6.99. The molecule has 0 radical (unpaired) electrons. The number of imidazole rings is 1. The molecule has 1 amide bonds. The number of amides is 1. The lowest BCUT2D eigenvalue weighted by atomic mass is 10.1. The highest BCUT2D eigenvalue weighted by Gasteiger charge is 2.30. The summed E-state index contributed by atoms with van der Waals surface area (Å²) in [6.07, 6.45) is -1.10. The molecule has 1 heterocycles. The van der Waals surface area contributed by atoms with Gasteiger partial charge in [-0.25, -0.2) is 4.98 Å². The van der Waals surface area contributed by atoms with E-state index in [9.17, 15) is 18.0 Å². The first-order valence-electron chi connectivity index (χ1n) is 9.49. The molecule has 4 aromatic rings. The Labute approximate surface area is 175 Å². The summed E-state index contributed by atoms with van der Waals surface area (Å²) in [5.74, 6) is 1.17. The van der Waals surface area contributed by atoms with Crippen LogP contribution in [-0.2, 0) is 6.18 Å². The molecular weight excluding hydrogens is 407 g/mol. The first-order chi connectivity index (χ1) is 14.8. The molecule has 5 nitrogen and oxygen atoms in total. The molecule has 0 aliphatic heterocycles. The van der Waals surface area contributed by atoms with Gasteiger partial charge in [-0.05, 0) is 60.8 Å². The van der Waals surface area contributed by atoms with Gasteiger partial charge in [-0.2, -0.15) is 13.2 Å². The number of nitrogens with one attached hydrogen (secondary N) is 2. The van der Waals surface area contributed by atoms with Crippen LogP contribution in [0.3, 0.4) is 0 Å². The highest BCUT2D eigenvalue weighted by atomic mass is 19.4. The molecule has 2 N–H and O–H groups in total. The third-order valence-corrected chi connectivity index (χ3v) is 4.79. The smallest absolute Gasteiger partial charge is 0.416 e. The Morgan fingerprint density at radius 2 is 1.87 bits per heavy atom. The summed E-state index contributed by atoms with van der Waals surface area (Å²) in [5, 5.41) is 4.38. The molecule has 158 valence electrons. The highest BCUT2D eigenvalue weighted by molar-refractivity contribution is 6.00. The van der Waals surface area contributed by atoms with Crippen LogP contribution >= 0.6 is 0 Å². The Balaban J connectivity index is 1.55. The maximum atomic E-state index is 12.7. The van der Waals surface area contributed by atoms with Crippen molar-refractivity contribution in [2.45, 2.75) is 19.1 Å². The number of fused-ring (bicyclic) bond motifs is 1. The number of hydrogen-bond donors (Lipinski definition) is 2. The third kappa shape index (κ3) is 4.53. The summed E-state index contributed by atoms with van der Waals surface area (Å²) in [7, 11) is 0. The second kappa shape index (κ2) is 8.14. The zero-order valence-electron chi connectivity index (χ0n) is 16.4. The standard InChI is InChI=1S/C23H18F3N3O2/c1-14(21-27-11-12-28-21)29-22(30)16-5-10-19-15(13-16)3-2-4-20(19)31-18-8-6-17(7-9-18)23(24,25)26/h2-14H,1H3,(H,27,28)(H,29,30)/t14-/m1/s1. The lowest BCUT2D eigenvalue weighted by molar-refractivity contribution is -0.137. The van der Waals surface area contributed by atoms with E-state index in [0.29, 0.717) is 17.1 Å². The van der Waals surface area contributed by atoms with Gasteiger partial charge in [0, 0.05) is 23.3 Å². The van der Waals surface area contributed by atoms with Crippen molar-refractivity contribution in [2.75, 3.05) is 0 Å². The van der Waals surface area contributed by atoms with Gasteiger partial charge >= 0.3 is 6.18 Å². The molecule has 1 atom stereocenters. The van der Waals surface area contributed by atoms with Crippen LogP contribution in [0.4, 0.5) is 13.2 Å². The van der Waals surface area contributed by atoms with Crippen LogP contribution in [0, 0.1) is 0 Å². The number of benzene rings is 3. The number of H-pyrrole nitrogens is 1. The molecule has 0 spiro atoms. The quantitative estimate of drug-likeness (QED) is 0.421. The van der Waals surface area contributed by atoms with Crippen LogP contribution < -0.4 is 10.1 Å². The van der Waals surface area contributed by atoms with Gasteiger partial charge in [0.25, 0.3) is 5.91 Å². The summed E-state index contributed by atoms with van der Waals surface area (Å²) >= 11 is 0. The predicted octanol–water partition coefficient (Wildman–Crippen LogP) is 5.87. The van der Waals surface area contributed by atoms with Crippen LogP contribution in [0.25, 0.3) is 10.8 Å². The van der Waals surface area contributed by atoms with E-state index in [0.717, 1.165) is 22.9 Å². The Morgan fingerprint density at radius 1 is 1.10 bits per heavy atom. The number of aromatic amines is 1. The van der Waals surface area contributed by atoms with Crippen LogP contribution in [-0.4, -0.2) is 15.9 Å². The maximum Gasteiger partial charge on any atom is 0.416 e. The van der Waals surface area contributed by atoms with Gasteiger partial charge in [-0.15, -0.1) is 0 Å². The SMILES string of the molecule is C[C@@H](NC(=O)c1ccc2c(Oc3ccc(C(F)(F)F)cc3)cccc2c1)c1ncc[nH]1. The summed E-state index contributed by atoms with van der Waals surface area (Å²) < 4.78 is 44.0. The van der Waals surface area contributed by atoms with Crippen LogP contribution in [0.5, 0.6) is 11.5 Å². The van der Waals surface area contributed by atoms with Gasteiger partial charge < -0.3 is 15.0 Å². The molecule has 0 saturated heterocycles. The monoisotopic (exact) mass is 425 g/mol. The van der Waals surface area contributed by atoms with Crippen molar-refractivity contribution in [2.24, 2.45) is 0 Å². The van der Waals surface area contributed by atoms with E-state index >= 15 is 0 Å². The van der Waals surface area contributed by atoms with Crippen molar-refractivity contribution in [1.29, 1.82) is 0 Å². The van der Waals surface area contributed by atoms with E-state index < -0.39 is 11.7 Å². The number of carbonyl (C=O) groups excluding carboxylic acids is 1. The Kier molecular flexibility index (Phi) is 5.37. The topological polar surface area (TPSA) is 67.0 Å². The molecule has 0 bridgehead atoms. The molecule has 0 aliphatic rings. The summed E-state index contributed by atoms with van der Waals surface area (Å²) in [4.78, 5) is 19.7. The molecular formula is C23H18F3N3O2. The number of alkyl halides is 3. The molecule has 0 aliphatic carbocycles. The molecule has 0 saturated carbocycles. The Bertz CT molecular complexity index is 1200. The molecule has 8 heteroatoms. The second-order valence-electron chi connectivity index (χ2n) is 6.99. The van der Waals surface area contributed by atoms with Gasteiger partial charge in [0.1, 0.15) is 17.3 Å². The van der Waals surface area contributed by atoms with Gasteiger partial charge in [-0.3, -0.25) is 4.79 Å². The van der Waals surface area contributed by atoms with Crippen molar-refractivity contribution >= 4 is 16.7 Å². The summed E-state index contributed by atoms with van der Waals surface area (Å²) in [6.45, 7) is 1.83. The number of aromatic nitrogens is 2. The van der Waals surface area contributed by atoms with Crippen LogP contribution in [0.15, 0.2) is 73.1 Å². The highest BCUT2D eigenvalue weighted by Crippen LogP contribution is 2.33. The van der Waals surface area contributed by atoms with Crippen LogP contribution in [0.1, 0.15) is 34.7 Å². The van der Waals surface area contributed by atoms with Gasteiger partial charge in [0.2, 0.25) is 0 Å². The van der Waals surface area contributed by atoms with Crippen LogP contribution in [0.2, 0.25) is 0 Å². The molecule has 31 heavy (non-hydrogen) atoms. The minimum atomic E-state index is -4.40. The van der Waals surface area contributed by atoms with E-state index in [1.807, 2.05) is 13.0 Å². The number of rotatable bonds is 5. The van der Waals surface area contributed by atoms with Crippen molar-refractivity contribution in [3.05, 3.63) is 90.0 Å². The number of hydrogen-bond acceptors (Lipinski definition) is 3. The minimum absolute atomic E-state index is 0.250. The van der Waals surface area contributed by atoms with E-state index in [1.165, 1.54) is 12.1 Å². The number of carbonyl (C=O) groups is 1. The molecule has 0 fully saturated rings. The van der Waals surface area contributed by atoms with E-state index in [1.54, 1.807) is 42.7 Å². The van der Waals surface area contributed by atoms with Crippen molar-refractivity contribution in [1.82, 2.24) is 15.3 Å². The fraction of sp³-hybridized carbons (Fsp3) is 0.130. The average molecular weight is 425 g/mol. The van der Waals surface area contributed by atoms with Crippen molar-refractivity contribution in [3.8, 4) is 11.5 Å². The minimum Gasteiger partial charge on any atom is -0.457 e. The van der Waals surface area contributed by atoms with E-state index in [4.69, 9.17) is 4.74 Å². The number of nitrogens with zero attached hydrogens (tertiary/aromatic N) is 1. The molecule has 4 rings (SSSR count). The zero-order valence-corrected chi connectivity index (χ0v) is 16.4. The fourth-order valence-electron chi connectivity index (χ4n) is 3.19. The Hall–Kier alpha value is -3.81. The first kappa shape index (κ1) is 20.5. The van der Waals surface area contributed by atoms with Gasteiger partial charge in [-0.1, -0.05) is 12.1 Å². The molecule has 1 aromatic heterocycles. The van der Waals surface area contributed by atoms with Gasteiger partial charge in [0.05, 0.1) is 11.6 Å². The van der Waals surface area contributed by atoms with E-state index in [-0.39, 0.29) is 17.7 Å². The third-order valence-electron chi connectivity index (χ3n) is 4.79. The summed E-state index contributed by atoms with van der Waals surface area (Å²) in [5.41, 5.74) is -0.269. The zero-order chi connectivity index (χ0) is 22.0. The average Bonchev–Trinajstić information content (AvgIpc) is 3.28. The van der Waals surface area contributed by atoms with Crippen molar-refractivity contribution < 1.29 is 22.7 Å². The summed E-state index contributed by atoms with van der Waals surface area (Å²) in [6, 6.07) is 14.7. The number of halogens is 3. The maximum absolute atomic E-state index is 12.7. The lowest BCUT2D eigenvalue weighted by Crippen LogP contribution is -2.27. The fourth-order valence-corrected chi connectivity index (χ4v) is 3.19. The Morgan fingerprint density at radius 3 is 2.55 bits per heavy atom. The predicted molar refractivity (Wildman–Crippen MR) is 110 cm³/mol.